The minimum atomic E-state index is -0.861. The fourth-order valence-corrected chi connectivity index (χ4v) is 8.33. The first kappa shape index (κ1) is 61.1. The summed E-state index contributed by atoms with van der Waals surface area (Å²) >= 11 is 0. The third kappa shape index (κ3) is 49.4. The summed E-state index contributed by atoms with van der Waals surface area (Å²) in [6.07, 6.45) is 64.4. The van der Waals surface area contributed by atoms with Gasteiger partial charge in [-0.1, -0.05) is 230 Å². The number of esters is 1. The number of hydrogen-bond donors (Lipinski definition) is 3. The summed E-state index contributed by atoms with van der Waals surface area (Å²) < 4.78 is 5.47. The number of nitrogens with one attached hydrogen (secondary N) is 1. The fourth-order valence-electron chi connectivity index (χ4n) is 8.33. The maximum absolute atomic E-state index is 12.4. The Morgan fingerprint density at radius 3 is 1.14 bits per heavy atom. The van der Waals surface area contributed by atoms with Crippen molar-refractivity contribution in [2.75, 3.05) is 13.2 Å². The lowest BCUT2D eigenvalue weighted by Gasteiger charge is -2.19. The van der Waals surface area contributed by atoms with Gasteiger partial charge in [-0.2, -0.15) is 0 Å². The molecule has 0 aromatic carbocycles. The SMILES string of the molecule is CCCCCCCC/C=C\CCCCCCCCCCCC(=O)OCCCCCCCC/C=C\CCCCCC(=O)NC(CO)C(O)/C=C/CCCCCCCCCCCCCC. The lowest BCUT2D eigenvalue weighted by molar-refractivity contribution is -0.143. The van der Waals surface area contributed by atoms with Crippen LogP contribution in [0.1, 0.15) is 290 Å². The summed E-state index contributed by atoms with van der Waals surface area (Å²) in [5.41, 5.74) is 0. The van der Waals surface area contributed by atoms with Gasteiger partial charge in [-0.3, -0.25) is 9.59 Å². The molecule has 0 aliphatic heterocycles. The van der Waals surface area contributed by atoms with Crippen molar-refractivity contribution in [2.45, 2.75) is 302 Å². The van der Waals surface area contributed by atoms with Crippen molar-refractivity contribution in [3.8, 4) is 0 Å². The molecule has 0 aromatic heterocycles. The normalized spacial score (nSPS) is 12.9. The monoisotopic (exact) mass is 886 g/mol. The molecule has 0 heterocycles. The number of amides is 1. The highest BCUT2D eigenvalue weighted by Gasteiger charge is 2.18. The van der Waals surface area contributed by atoms with E-state index in [9.17, 15) is 19.8 Å². The zero-order chi connectivity index (χ0) is 45.8. The third-order valence-electron chi connectivity index (χ3n) is 12.6. The predicted molar refractivity (Wildman–Crippen MR) is 273 cm³/mol. The molecule has 0 saturated carbocycles. The zero-order valence-corrected chi connectivity index (χ0v) is 42.1. The summed E-state index contributed by atoms with van der Waals surface area (Å²) in [5, 5.41) is 23.0. The van der Waals surface area contributed by atoms with Gasteiger partial charge in [0.2, 0.25) is 5.91 Å². The van der Waals surface area contributed by atoms with Crippen LogP contribution in [0.15, 0.2) is 36.5 Å². The van der Waals surface area contributed by atoms with Crippen LogP contribution in [0.5, 0.6) is 0 Å². The molecule has 0 fully saturated rings. The lowest BCUT2D eigenvalue weighted by atomic mass is 10.0. The number of carbonyl (C=O) groups excluding carboxylic acids is 2. The second-order valence-electron chi connectivity index (χ2n) is 18.9. The summed E-state index contributed by atoms with van der Waals surface area (Å²) in [6.45, 7) is 4.85. The van der Waals surface area contributed by atoms with Crippen molar-refractivity contribution in [1.82, 2.24) is 5.32 Å². The molecule has 370 valence electrons. The number of allylic oxidation sites excluding steroid dienone is 5. The van der Waals surface area contributed by atoms with Gasteiger partial charge in [0.1, 0.15) is 0 Å². The van der Waals surface area contributed by atoms with Gasteiger partial charge in [0.15, 0.2) is 0 Å². The minimum absolute atomic E-state index is 0.0148. The third-order valence-corrected chi connectivity index (χ3v) is 12.6. The summed E-state index contributed by atoms with van der Waals surface area (Å²) in [7, 11) is 0. The molecule has 63 heavy (non-hydrogen) atoms. The number of unbranched alkanes of at least 4 members (excludes halogenated alkanes) is 36. The largest absolute Gasteiger partial charge is 0.466 e. The van der Waals surface area contributed by atoms with E-state index < -0.39 is 12.1 Å². The molecule has 0 aliphatic rings. The summed E-state index contributed by atoms with van der Waals surface area (Å²) in [4.78, 5) is 24.5. The molecule has 0 aromatic rings. The van der Waals surface area contributed by atoms with Crippen LogP contribution in [0.25, 0.3) is 0 Å². The van der Waals surface area contributed by atoms with Crippen LogP contribution in [0.3, 0.4) is 0 Å². The van der Waals surface area contributed by atoms with Crippen molar-refractivity contribution in [1.29, 1.82) is 0 Å². The van der Waals surface area contributed by atoms with Gasteiger partial charge >= 0.3 is 5.97 Å². The van der Waals surface area contributed by atoms with E-state index in [1.165, 1.54) is 193 Å². The maximum Gasteiger partial charge on any atom is 0.305 e. The smallest absolute Gasteiger partial charge is 0.305 e. The maximum atomic E-state index is 12.4. The van der Waals surface area contributed by atoms with Gasteiger partial charge in [0, 0.05) is 12.8 Å². The highest BCUT2D eigenvalue weighted by molar-refractivity contribution is 5.76. The number of hydrogen-bond acceptors (Lipinski definition) is 5. The van der Waals surface area contributed by atoms with Gasteiger partial charge in [0.25, 0.3) is 0 Å². The predicted octanol–water partition coefficient (Wildman–Crippen LogP) is 16.9. The van der Waals surface area contributed by atoms with E-state index in [0.29, 0.717) is 19.4 Å². The van der Waals surface area contributed by atoms with Crippen LogP contribution in [0, 0.1) is 0 Å². The first-order valence-corrected chi connectivity index (χ1v) is 27.8. The van der Waals surface area contributed by atoms with Crippen molar-refractivity contribution in [2.24, 2.45) is 0 Å². The molecule has 0 aliphatic carbocycles. The molecule has 0 bridgehead atoms. The van der Waals surface area contributed by atoms with Gasteiger partial charge in [-0.25, -0.2) is 0 Å². The quantitative estimate of drug-likeness (QED) is 0.0321. The zero-order valence-electron chi connectivity index (χ0n) is 42.1. The van der Waals surface area contributed by atoms with Gasteiger partial charge in [-0.15, -0.1) is 0 Å². The van der Waals surface area contributed by atoms with Crippen LogP contribution in [0.2, 0.25) is 0 Å². The topological polar surface area (TPSA) is 95.9 Å². The van der Waals surface area contributed by atoms with Gasteiger partial charge in [0.05, 0.1) is 25.4 Å². The number of rotatable bonds is 51. The van der Waals surface area contributed by atoms with Crippen LogP contribution in [0.4, 0.5) is 0 Å². The molecule has 0 rings (SSSR count). The van der Waals surface area contributed by atoms with Crippen LogP contribution in [-0.2, 0) is 14.3 Å². The minimum Gasteiger partial charge on any atom is -0.466 e. The number of aliphatic hydroxyl groups is 2. The first-order chi connectivity index (χ1) is 31.0. The second kappa shape index (κ2) is 52.7. The van der Waals surface area contributed by atoms with E-state index in [-0.39, 0.29) is 18.5 Å². The Bertz CT molecular complexity index is 1020. The molecule has 1 amide bonds. The molecule has 3 N–H and O–H groups in total. The molecule has 0 spiro atoms. The van der Waals surface area contributed by atoms with Crippen molar-refractivity contribution >= 4 is 11.9 Å². The highest BCUT2D eigenvalue weighted by atomic mass is 16.5. The fraction of sp³-hybridized carbons (Fsp3) is 0.860. The van der Waals surface area contributed by atoms with E-state index in [1.807, 2.05) is 6.08 Å². The second-order valence-corrected chi connectivity index (χ2v) is 18.9. The Hall–Kier alpha value is -1.92. The van der Waals surface area contributed by atoms with Crippen LogP contribution >= 0.6 is 0 Å². The average Bonchev–Trinajstić information content (AvgIpc) is 3.28. The van der Waals surface area contributed by atoms with E-state index in [4.69, 9.17) is 4.74 Å². The van der Waals surface area contributed by atoms with E-state index in [0.717, 1.165) is 70.6 Å². The van der Waals surface area contributed by atoms with Crippen molar-refractivity contribution in [3.63, 3.8) is 0 Å². The van der Waals surface area contributed by atoms with Gasteiger partial charge in [-0.05, 0) is 83.5 Å². The molecular weight excluding hydrogens is 779 g/mol. The number of aliphatic hydroxyl groups excluding tert-OH is 2. The standard InChI is InChI=1S/C57H107NO5/c1-3-5-7-9-11-13-15-17-19-20-21-22-23-27-31-35-39-43-47-51-57(62)63-52-48-44-40-36-32-28-24-26-30-34-38-42-46-50-56(61)58-54(53-59)55(60)49-45-41-37-33-29-25-18-16-14-12-10-8-6-4-2/h17,19,26,30,45,49,54-55,59-60H,3-16,18,20-25,27-29,31-44,46-48,50-53H2,1-2H3,(H,58,61)/b19-17-,30-26-,49-45+. The Morgan fingerprint density at radius 1 is 0.429 bits per heavy atom. The molecular formula is C57H107NO5. The lowest BCUT2D eigenvalue weighted by Crippen LogP contribution is -2.45. The Morgan fingerprint density at radius 2 is 0.746 bits per heavy atom. The van der Waals surface area contributed by atoms with Crippen molar-refractivity contribution in [3.05, 3.63) is 36.5 Å². The summed E-state index contributed by atoms with van der Waals surface area (Å²) in [6, 6.07) is -0.648. The molecule has 6 heteroatoms. The molecule has 2 unspecified atom stereocenters. The molecule has 2 atom stereocenters. The van der Waals surface area contributed by atoms with E-state index in [1.54, 1.807) is 6.08 Å². The van der Waals surface area contributed by atoms with Crippen LogP contribution < -0.4 is 5.32 Å². The van der Waals surface area contributed by atoms with Crippen molar-refractivity contribution < 1.29 is 24.5 Å². The Kier molecular flexibility index (Phi) is 51.1. The van der Waals surface area contributed by atoms with E-state index >= 15 is 0 Å². The van der Waals surface area contributed by atoms with Crippen LogP contribution in [-0.4, -0.2) is 47.4 Å². The molecule has 0 saturated heterocycles. The highest BCUT2D eigenvalue weighted by Crippen LogP contribution is 2.15. The Balaban J connectivity index is 3.50. The average molecular weight is 886 g/mol. The number of ether oxygens (including phenoxy) is 1. The first-order valence-electron chi connectivity index (χ1n) is 27.8. The molecule has 6 nitrogen and oxygen atoms in total. The van der Waals surface area contributed by atoms with E-state index in [2.05, 4.69) is 43.5 Å². The summed E-state index contributed by atoms with van der Waals surface area (Å²) in [5.74, 6) is -0.113. The Labute approximate surface area is 392 Å². The molecule has 0 radical (unpaired) electrons. The van der Waals surface area contributed by atoms with Gasteiger partial charge < -0.3 is 20.3 Å². The number of carbonyl (C=O) groups is 2.